The number of urea groups is 1. The van der Waals surface area contributed by atoms with Gasteiger partial charge in [0, 0.05) is 18.2 Å². The highest BCUT2D eigenvalue weighted by Crippen LogP contribution is 2.23. The maximum absolute atomic E-state index is 12.4. The zero-order chi connectivity index (χ0) is 21.3. The maximum Gasteiger partial charge on any atom is 0.320 e. The fourth-order valence-corrected chi connectivity index (χ4v) is 3.23. The van der Waals surface area contributed by atoms with Crippen LogP contribution in [-0.4, -0.2) is 29.7 Å². The van der Waals surface area contributed by atoms with E-state index in [0.717, 1.165) is 16.7 Å². The summed E-state index contributed by atoms with van der Waals surface area (Å²) in [5.41, 5.74) is 9.22. The van der Waals surface area contributed by atoms with Gasteiger partial charge in [-0.3, -0.25) is 4.79 Å². The van der Waals surface area contributed by atoms with Crippen LogP contribution in [0.2, 0.25) is 0 Å². The second-order valence-corrected chi connectivity index (χ2v) is 7.05. The van der Waals surface area contributed by atoms with E-state index in [1.165, 1.54) is 0 Å². The number of nitrogens with one attached hydrogen (secondary N) is 2. The van der Waals surface area contributed by atoms with Crippen molar-refractivity contribution in [2.75, 3.05) is 11.9 Å². The molecule has 3 aromatic rings. The lowest BCUT2D eigenvalue weighted by Gasteiger charge is -2.19. The van der Waals surface area contributed by atoms with Gasteiger partial charge in [-0.25, -0.2) is 4.79 Å². The number of carbonyl (C=O) groups excluding carboxylic acids is 1. The highest BCUT2D eigenvalue weighted by molar-refractivity contribution is 5.89. The van der Waals surface area contributed by atoms with Crippen molar-refractivity contribution in [3.63, 3.8) is 0 Å². The van der Waals surface area contributed by atoms with Gasteiger partial charge in [-0.1, -0.05) is 72.8 Å². The molecule has 0 saturated heterocycles. The van der Waals surface area contributed by atoms with Crippen molar-refractivity contribution >= 4 is 17.7 Å². The number of amides is 2. The molecule has 154 valence electrons. The molecule has 6 nitrogen and oxygen atoms in total. The topological polar surface area (TPSA) is 104 Å². The second-order valence-electron chi connectivity index (χ2n) is 7.05. The molecule has 0 aliphatic rings. The summed E-state index contributed by atoms with van der Waals surface area (Å²) in [6.07, 6.45) is 0.234. The first kappa shape index (κ1) is 21.1. The fourth-order valence-electron chi connectivity index (χ4n) is 3.23. The Morgan fingerprint density at radius 3 is 1.87 bits per heavy atom. The molecule has 3 rings (SSSR count). The number of carboxylic acid groups (broad SMARTS) is 1. The van der Waals surface area contributed by atoms with Crippen LogP contribution in [0.5, 0.6) is 0 Å². The number of nitrogens with two attached hydrogens (primary N) is 1. The van der Waals surface area contributed by atoms with Crippen LogP contribution in [0.25, 0.3) is 0 Å². The van der Waals surface area contributed by atoms with Crippen molar-refractivity contribution in [3.8, 4) is 0 Å². The standard InChI is InChI=1S/C24H25N3O3/c25-22(23(28)29)15-17-11-13-20(14-12-17)27-24(30)26-16-21(18-7-3-1-4-8-18)19-9-5-2-6-10-19/h1-14,21-22H,15-16,25H2,(H,28,29)(H2,26,27,30)/t22-/m0/s1. The first-order chi connectivity index (χ1) is 14.5. The normalized spacial score (nSPS) is 11.7. The highest BCUT2D eigenvalue weighted by Gasteiger charge is 2.15. The highest BCUT2D eigenvalue weighted by atomic mass is 16.4. The Bertz CT molecular complexity index is 921. The molecule has 0 saturated carbocycles. The summed E-state index contributed by atoms with van der Waals surface area (Å²) in [7, 11) is 0. The fraction of sp³-hybridized carbons (Fsp3) is 0.167. The van der Waals surface area contributed by atoms with Crippen molar-refractivity contribution in [3.05, 3.63) is 102 Å². The molecule has 0 bridgehead atoms. The SMILES string of the molecule is N[C@@H](Cc1ccc(NC(=O)NCC(c2ccccc2)c2ccccc2)cc1)C(=O)O. The van der Waals surface area contributed by atoms with E-state index in [-0.39, 0.29) is 18.4 Å². The van der Waals surface area contributed by atoms with Crippen molar-refractivity contribution in [1.29, 1.82) is 0 Å². The summed E-state index contributed by atoms with van der Waals surface area (Å²) >= 11 is 0. The Labute approximate surface area is 175 Å². The lowest BCUT2D eigenvalue weighted by molar-refractivity contribution is -0.138. The van der Waals surface area contributed by atoms with Crippen molar-refractivity contribution in [1.82, 2.24) is 5.32 Å². The van der Waals surface area contributed by atoms with E-state index in [4.69, 9.17) is 10.8 Å². The van der Waals surface area contributed by atoms with Gasteiger partial charge in [-0.15, -0.1) is 0 Å². The molecule has 1 atom stereocenters. The second kappa shape index (κ2) is 10.2. The average Bonchev–Trinajstić information content (AvgIpc) is 2.76. The third kappa shape index (κ3) is 5.93. The molecule has 0 heterocycles. The number of benzene rings is 3. The number of hydrogen-bond acceptors (Lipinski definition) is 3. The molecule has 5 N–H and O–H groups in total. The average molecular weight is 403 g/mol. The summed E-state index contributed by atoms with van der Waals surface area (Å²) < 4.78 is 0. The summed E-state index contributed by atoms with van der Waals surface area (Å²) in [6.45, 7) is 0.450. The van der Waals surface area contributed by atoms with E-state index < -0.39 is 12.0 Å². The van der Waals surface area contributed by atoms with Crippen molar-refractivity contribution < 1.29 is 14.7 Å². The number of rotatable bonds is 8. The molecule has 3 aromatic carbocycles. The molecule has 0 aliphatic heterocycles. The van der Waals surface area contributed by atoms with Gasteiger partial charge in [-0.05, 0) is 35.2 Å². The molecule has 30 heavy (non-hydrogen) atoms. The van der Waals surface area contributed by atoms with Crippen LogP contribution in [-0.2, 0) is 11.2 Å². The molecule has 0 aliphatic carbocycles. The summed E-state index contributed by atoms with van der Waals surface area (Å²) in [5, 5.41) is 14.6. The van der Waals surface area contributed by atoms with Crippen LogP contribution in [0.4, 0.5) is 10.5 Å². The monoisotopic (exact) mass is 403 g/mol. The number of anilines is 1. The van der Waals surface area contributed by atoms with Crippen LogP contribution in [0, 0.1) is 0 Å². The predicted octanol–water partition coefficient (Wildman–Crippen LogP) is 3.59. The molecule has 0 fully saturated rings. The van der Waals surface area contributed by atoms with E-state index in [0.29, 0.717) is 12.2 Å². The first-order valence-corrected chi connectivity index (χ1v) is 9.75. The van der Waals surface area contributed by atoms with Gasteiger partial charge >= 0.3 is 12.0 Å². The number of hydrogen-bond donors (Lipinski definition) is 4. The Morgan fingerprint density at radius 2 is 1.37 bits per heavy atom. The van der Waals surface area contributed by atoms with Gasteiger partial charge in [0.05, 0.1) is 0 Å². The molecule has 0 unspecified atom stereocenters. The third-order valence-corrected chi connectivity index (χ3v) is 4.86. The lowest BCUT2D eigenvalue weighted by atomic mass is 9.91. The smallest absolute Gasteiger partial charge is 0.320 e. The summed E-state index contributed by atoms with van der Waals surface area (Å²) in [4.78, 5) is 23.3. The Morgan fingerprint density at radius 1 is 0.833 bits per heavy atom. The minimum absolute atomic E-state index is 0.0398. The number of carbonyl (C=O) groups is 2. The van der Waals surface area contributed by atoms with Gasteiger partial charge < -0.3 is 21.5 Å². The van der Waals surface area contributed by atoms with Crippen molar-refractivity contribution in [2.24, 2.45) is 5.73 Å². The van der Waals surface area contributed by atoms with Crippen LogP contribution < -0.4 is 16.4 Å². The minimum atomic E-state index is -1.04. The molecular formula is C24H25N3O3. The molecule has 0 spiro atoms. The first-order valence-electron chi connectivity index (χ1n) is 9.75. The van der Waals surface area contributed by atoms with Crippen LogP contribution in [0.1, 0.15) is 22.6 Å². The van der Waals surface area contributed by atoms with Gasteiger partial charge in [-0.2, -0.15) is 0 Å². The zero-order valence-electron chi connectivity index (χ0n) is 16.5. The Kier molecular flexibility index (Phi) is 7.19. The molecule has 2 amide bonds. The van der Waals surface area contributed by atoms with E-state index in [9.17, 15) is 9.59 Å². The van der Waals surface area contributed by atoms with Gasteiger partial charge in [0.25, 0.3) is 0 Å². The van der Waals surface area contributed by atoms with E-state index in [2.05, 4.69) is 34.9 Å². The van der Waals surface area contributed by atoms with E-state index >= 15 is 0 Å². The largest absolute Gasteiger partial charge is 0.480 e. The van der Waals surface area contributed by atoms with Crippen molar-refractivity contribution in [2.45, 2.75) is 18.4 Å². The molecule has 0 aromatic heterocycles. The molecular weight excluding hydrogens is 378 g/mol. The maximum atomic E-state index is 12.4. The minimum Gasteiger partial charge on any atom is -0.480 e. The number of aliphatic carboxylic acids is 1. The summed E-state index contributed by atoms with van der Waals surface area (Å²) in [5.74, 6) is -0.999. The van der Waals surface area contributed by atoms with Crippen LogP contribution in [0.15, 0.2) is 84.9 Å². The quantitative estimate of drug-likeness (QED) is 0.461. The van der Waals surface area contributed by atoms with Gasteiger partial charge in [0.1, 0.15) is 6.04 Å². The lowest BCUT2D eigenvalue weighted by Crippen LogP contribution is -2.33. The summed E-state index contributed by atoms with van der Waals surface area (Å²) in [6, 6.07) is 25.8. The predicted molar refractivity (Wildman–Crippen MR) is 118 cm³/mol. The Balaban J connectivity index is 1.60. The van der Waals surface area contributed by atoms with Crippen LogP contribution >= 0.6 is 0 Å². The molecule has 6 heteroatoms. The van der Waals surface area contributed by atoms with E-state index in [1.54, 1.807) is 24.3 Å². The van der Waals surface area contributed by atoms with Gasteiger partial charge in [0.15, 0.2) is 0 Å². The molecule has 0 radical (unpaired) electrons. The van der Waals surface area contributed by atoms with Gasteiger partial charge in [0.2, 0.25) is 0 Å². The zero-order valence-corrected chi connectivity index (χ0v) is 16.5. The third-order valence-electron chi connectivity index (χ3n) is 4.86. The number of carboxylic acids is 1. The van der Waals surface area contributed by atoms with E-state index in [1.807, 2.05) is 36.4 Å². The Hall–Kier alpha value is -3.64. The van der Waals surface area contributed by atoms with Crippen LogP contribution in [0.3, 0.4) is 0 Å².